The fourth-order valence-electron chi connectivity index (χ4n) is 3.84. The van der Waals surface area contributed by atoms with Crippen LogP contribution in [0.4, 0.5) is 34.6 Å². The van der Waals surface area contributed by atoms with E-state index in [1.54, 1.807) is 6.07 Å². The van der Waals surface area contributed by atoms with Crippen molar-refractivity contribution in [2.45, 2.75) is 32.0 Å². The molecule has 2 N–H and O–H groups in total. The molecule has 0 unspecified atom stereocenters. The minimum atomic E-state index is -4.46. The van der Waals surface area contributed by atoms with E-state index >= 15 is 0 Å². The summed E-state index contributed by atoms with van der Waals surface area (Å²) >= 11 is 0. The van der Waals surface area contributed by atoms with E-state index in [1.165, 1.54) is 18.2 Å². The van der Waals surface area contributed by atoms with Gasteiger partial charge < -0.3 is 15.5 Å². The van der Waals surface area contributed by atoms with Crippen LogP contribution in [0.2, 0.25) is 0 Å². The summed E-state index contributed by atoms with van der Waals surface area (Å²) in [5, 5.41) is 6.56. The first-order chi connectivity index (χ1) is 13.8. The molecule has 0 spiro atoms. The van der Waals surface area contributed by atoms with E-state index in [0.717, 1.165) is 25.0 Å². The number of hydrogen-bond donors (Lipinski definition) is 2. The minimum Gasteiger partial charge on any atom is -0.353 e. The Labute approximate surface area is 166 Å². The average Bonchev–Trinajstić information content (AvgIpc) is 2.83. The first-order valence-electron chi connectivity index (χ1n) is 9.70. The van der Waals surface area contributed by atoms with Crippen molar-refractivity contribution in [2.75, 3.05) is 25.0 Å². The van der Waals surface area contributed by atoms with E-state index in [2.05, 4.69) is 22.5 Å². The Balaban J connectivity index is 1.83. The second kappa shape index (κ2) is 7.67. The van der Waals surface area contributed by atoms with Crippen molar-refractivity contribution in [2.24, 2.45) is 4.99 Å². The maximum Gasteiger partial charge on any atom is 0.416 e. The Morgan fingerprint density at radius 1 is 1.14 bits per heavy atom. The third kappa shape index (κ3) is 4.07. The maximum absolute atomic E-state index is 13.8. The number of benzene rings is 2. The van der Waals surface area contributed by atoms with Gasteiger partial charge in [0.15, 0.2) is 0 Å². The molecule has 1 saturated heterocycles. The van der Waals surface area contributed by atoms with Gasteiger partial charge in [-0.15, -0.1) is 0 Å². The number of nitrogens with zero attached hydrogens (tertiary/aromatic N) is 2. The summed E-state index contributed by atoms with van der Waals surface area (Å²) in [6.45, 7) is 4.05. The standard InChI is InChI=1S/C21H22F4N4/c1-2-3-15-12-29(9-8-26-15)20-16-10-13(21(23,24)25)4-6-17(16)27-18-7-5-14(22)11-19(18)28-20/h4-7,10-11,15,26-27H,2-3,8-9,12H2,1H3/t15-/m0/s1. The maximum atomic E-state index is 13.8. The molecule has 2 aromatic carbocycles. The van der Waals surface area contributed by atoms with Gasteiger partial charge in [-0.3, -0.25) is 0 Å². The zero-order valence-corrected chi connectivity index (χ0v) is 16.0. The molecule has 1 fully saturated rings. The van der Waals surface area contributed by atoms with Gasteiger partial charge in [-0.05, 0) is 36.8 Å². The van der Waals surface area contributed by atoms with Gasteiger partial charge in [-0.1, -0.05) is 13.3 Å². The molecule has 0 bridgehead atoms. The number of anilines is 2. The van der Waals surface area contributed by atoms with Crippen LogP contribution in [-0.2, 0) is 6.18 Å². The minimum absolute atomic E-state index is 0.230. The van der Waals surface area contributed by atoms with Crippen molar-refractivity contribution in [3.63, 3.8) is 0 Å². The van der Waals surface area contributed by atoms with Crippen LogP contribution in [0.5, 0.6) is 0 Å². The van der Waals surface area contributed by atoms with Crippen LogP contribution in [0, 0.1) is 5.82 Å². The second-order valence-electron chi connectivity index (χ2n) is 7.37. The molecule has 4 rings (SSSR count). The van der Waals surface area contributed by atoms with Crippen LogP contribution in [0.25, 0.3) is 0 Å². The Bertz CT molecular complexity index is 937. The van der Waals surface area contributed by atoms with Gasteiger partial charge in [-0.25, -0.2) is 9.38 Å². The smallest absolute Gasteiger partial charge is 0.353 e. The van der Waals surface area contributed by atoms with Crippen molar-refractivity contribution < 1.29 is 17.6 Å². The number of hydrogen-bond acceptors (Lipinski definition) is 4. The molecule has 4 nitrogen and oxygen atoms in total. The zero-order chi connectivity index (χ0) is 20.6. The highest BCUT2D eigenvalue weighted by atomic mass is 19.4. The van der Waals surface area contributed by atoms with E-state index in [4.69, 9.17) is 0 Å². The molecule has 0 aliphatic carbocycles. The Morgan fingerprint density at radius 3 is 2.69 bits per heavy atom. The first-order valence-corrected chi connectivity index (χ1v) is 9.70. The van der Waals surface area contributed by atoms with Gasteiger partial charge in [0.2, 0.25) is 0 Å². The molecule has 2 aliphatic rings. The molecule has 29 heavy (non-hydrogen) atoms. The summed E-state index contributed by atoms with van der Waals surface area (Å²) in [7, 11) is 0. The van der Waals surface area contributed by atoms with Crippen LogP contribution in [0.15, 0.2) is 41.4 Å². The summed E-state index contributed by atoms with van der Waals surface area (Å²) in [6.07, 6.45) is -2.50. The largest absolute Gasteiger partial charge is 0.416 e. The first kappa shape index (κ1) is 19.7. The van der Waals surface area contributed by atoms with Crippen molar-refractivity contribution in [1.82, 2.24) is 10.2 Å². The predicted molar refractivity (Wildman–Crippen MR) is 106 cm³/mol. The van der Waals surface area contributed by atoms with Gasteiger partial charge in [0.05, 0.1) is 16.9 Å². The summed E-state index contributed by atoms with van der Waals surface area (Å²) in [4.78, 5) is 6.63. The van der Waals surface area contributed by atoms with Crippen molar-refractivity contribution in [1.29, 1.82) is 0 Å². The van der Waals surface area contributed by atoms with Crippen molar-refractivity contribution in [3.8, 4) is 0 Å². The van der Waals surface area contributed by atoms with Crippen LogP contribution < -0.4 is 10.6 Å². The molecule has 0 saturated carbocycles. The van der Waals surface area contributed by atoms with Crippen LogP contribution in [0.3, 0.4) is 0 Å². The van der Waals surface area contributed by atoms with Crippen LogP contribution in [-0.4, -0.2) is 36.4 Å². The van der Waals surface area contributed by atoms with Gasteiger partial charge in [0.25, 0.3) is 0 Å². The summed E-state index contributed by atoms with van der Waals surface area (Å²) in [5.41, 5.74) is 1.09. The van der Waals surface area contributed by atoms with E-state index in [-0.39, 0.29) is 6.04 Å². The molecule has 2 heterocycles. The van der Waals surface area contributed by atoms with E-state index in [1.807, 2.05) is 4.90 Å². The molecular formula is C21H22F4N4. The van der Waals surface area contributed by atoms with Crippen LogP contribution in [0.1, 0.15) is 30.9 Å². The highest BCUT2D eigenvalue weighted by Gasteiger charge is 2.33. The molecule has 0 amide bonds. The number of rotatable bonds is 2. The molecule has 154 valence electrons. The lowest BCUT2D eigenvalue weighted by molar-refractivity contribution is -0.137. The lowest BCUT2D eigenvalue weighted by Crippen LogP contribution is -2.52. The lowest BCUT2D eigenvalue weighted by Gasteiger charge is -2.36. The molecule has 1 atom stereocenters. The monoisotopic (exact) mass is 406 g/mol. The SMILES string of the molecule is CCC[C@H]1CN(C2=Nc3cc(F)ccc3Nc3ccc(C(F)(F)F)cc32)CCN1. The van der Waals surface area contributed by atoms with E-state index < -0.39 is 17.6 Å². The van der Waals surface area contributed by atoms with E-state index in [0.29, 0.717) is 48.1 Å². The molecule has 2 aromatic rings. The number of aliphatic imine (C=N–C) groups is 1. The fourth-order valence-corrected chi connectivity index (χ4v) is 3.84. The predicted octanol–water partition coefficient (Wildman–Crippen LogP) is 5.05. The highest BCUT2D eigenvalue weighted by Crippen LogP contribution is 2.38. The number of alkyl halides is 3. The Morgan fingerprint density at radius 2 is 1.93 bits per heavy atom. The molecule has 0 aromatic heterocycles. The van der Waals surface area contributed by atoms with Gasteiger partial charge >= 0.3 is 6.18 Å². The second-order valence-corrected chi connectivity index (χ2v) is 7.37. The van der Waals surface area contributed by atoms with Crippen molar-refractivity contribution >= 4 is 22.9 Å². The molecule has 2 aliphatic heterocycles. The number of nitrogens with one attached hydrogen (secondary N) is 2. The number of piperazine rings is 1. The fraction of sp³-hybridized carbons (Fsp3) is 0.381. The third-order valence-electron chi connectivity index (χ3n) is 5.24. The Kier molecular flexibility index (Phi) is 5.21. The topological polar surface area (TPSA) is 39.7 Å². The van der Waals surface area contributed by atoms with E-state index in [9.17, 15) is 17.6 Å². The zero-order valence-electron chi connectivity index (χ0n) is 16.0. The molecular weight excluding hydrogens is 384 g/mol. The van der Waals surface area contributed by atoms with Gasteiger partial charge in [0, 0.05) is 43.0 Å². The number of halogens is 4. The van der Waals surface area contributed by atoms with Gasteiger partial charge in [0.1, 0.15) is 11.7 Å². The lowest BCUT2D eigenvalue weighted by atomic mass is 10.0. The Hall–Kier alpha value is -2.61. The number of amidine groups is 1. The summed E-state index contributed by atoms with van der Waals surface area (Å²) in [6, 6.07) is 7.97. The summed E-state index contributed by atoms with van der Waals surface area (Å²) < 4.78 is 54.0. The highest BCUT2D eigenvalue weighted by molar-refractivity contribution is 6.08. The van der Waals surface area contributed by atoms with Gasteiger partial charge in [-0.2, -0.15) is 13.2 Å². The summed E-state index contributed by atoms with van der Waals surface area (Å²) in [5.74, 6) is -0.00897. The normalized spacial score (nSPS) is 19.0. The average molecular weight is 406 g/mol. The van der Waals surface area contributed by atoms with Crippen LogP contribution >= 0.6 is 0 Å². The number of fused-ring (bicyclic) bond motifs is 2. The molecule has 8 heteroatoms. The molecule has 0 radical (unpaired) electrons. The third-order valence-corrected chi connectivity index (χ3v) is 5.24. The van der Waals surface area contributed by atoms with Crippen molar-refractivity contribution in [3.05, 3.63) is 53.3 Å². The quantitative estimate of drug-likeness (QED) is 0.686.